The fraction of sp³-hybridized carbons (Fsp3) is 0.682. The maximum Gasteiger partial charge on any atom is 0.317 e. The molecule has 0 spiro atoms. The Balaban J connectivity index is 1.41. The van der Waals surface area contributed by atoms with E-state index in [1.807, 2.05) is 12.1 Å². The molecule has 1 aromatic rings. The lowest BCUT2D eigenvalue weighted by Crippen LogP contribution is -2.52. The summed E-state index contributed by atoms with van der Waals surface area (Å²) in [5.41, 5.74) is 1.05. The summed E-state index contributed by atoms with van der Waals surface area (Å²) in [4.78, 5) is 18.4. The van der Waals surface area contributed by atoms with Crippen molar-refractivity contribution in [2.45, 2.75) is 51.1 Å². The number of hydrogen-bond acceptors (Lipinski definition) is 3. The van der Waals surface area contributed by atoms with Crippen LogP contribution in [0, 0.1) is 5.92 Å². The van der Waals surface area contributed by atoms with E-state index in [1.54, 1.807) is 19.0 Å². The van der Waals surface area contributed by atoms with Gasteiger partial charge in [0.15, 0.2) is 0 Å². The van der Waals surface area contributed by atoms with Crippen molar-refractivity contribution in [3.63, 3.8) is 0 Å². The molecule has 1 saturated heterocycles. The number of benzene rings is 1. The zero-order valence-corrected chi connectivity index (χ0v) is 19.3. The SMILES string of the molecule is C[C@H]1CN(CC[C@H]2CC[C@H](NC(=O)N(C)C)CC2)CCN1c1cccc(Cl)c1Cl. The number of anilines is 1. The second-order valence-electron chi connectivity index (χ2n) is 8.77. The number of halogens is 2. The van der Waals surface area contributed by atoms with E-state index in [-0.39, 0.29) is 6.03 Å². The van der Waals surface area contributed by atoms with Gasteiger partial charge in [-0.2, -0.15) is 0 Å². The molecule has 29 heavy (non-hydrogen) atoms. The van der Waals surface area contributed by atoms with Gasteiger partial charge in [0, 0.05) is 45.8 Å². The number of nitrogens with zero attached hydrogens (tertiary/aromatic N) is 3. The van der Waals surface area contributed by atoms with Gasteiger partial charge in [-0.05, 0) is 63.6 Å². The van der Waals surface area contributed by atoms with Gasteiger partial charge in [0.2, 0.25) is 0 Å². The van der Waals surface area contributed by atoms with E-state index >= 15 is 0 Å². The number of hydrogen-bond donors (Lipinski definition) is 1. The second-order valence-corrected chi connectivity index (χ2v) is 9.55. The van der Waals surface area contributed by atoms with Crippen molar-refractivity contribution < 1.29 is 4.79 Å². The van der Waals surface area contributed by atoms with Crippen LogP contribution in [-0.2, 0) is 0 Å². The number of rotatable bonds is 5. The van der Waals surface area contributed by atoms with Crippen LogP contribution in [0.25, 0.3) is 0 Å². The summed E-state index contributed by atoms with van der Waals surface area (Å²) in [6, 6.07) is 6.66. The number of piperazine rings is 1. The lowest BCUT2D eigenvalue weighted by atomic mass is 9.84. The van der Waals surface area contributed by atoms with Crippen molar-refractivity contribution in [1.82, 2.24) is 15.1 Å². The Morgan fingerprint density at radius 3 is 2.55 bits per heavy atom. The summed E-state index contributed by atoms with van der Waals surface area (Å²) in [5.74, 6) is 0.776. The van der Waals surface area contributed by atoms with Crippen LogP contribution in [0.1, 0.15) is 39.0 Å². The summed E-state index contributed by atoms with van der Waals surface area (Å²) in [7, 11) is 3.59. The van der Waals surface area contributed by atoms with Gasteiger partial charge in [0.1, 0.15) is 0 Å². The van der Waals surface area contributed by atoms with Gasteiger partial charge in [-0.15, -0.1) is 0 Å². The number of amides is 2. The fourth-order valence-corrected chi connectivity index (χ4v) is 4.98. The van der Waals surface area contributed by atoms with Crippen molar-refractivity contribution in [2.24, 2.45) is 5.92 Å². The molecule has 1 heterocycles. The first-order valence-corrected chi connectivity index (χ1v) is 11.5. The Bertz CT molecular complexity index is 691. The van der Waals surface area contributed by atoms with E-state index in [9.17, 15) is 4.79 Å². The quantitative estimate of drug-likeness (QED) is 0.719. The third-order valence-electron chi connectivity index (χ3n) is 6.39. The molecule has 5 nitrogen and oxygen atoms in total. The zero-order chi connectivity index (χ0) is 21.0. The molecule has 1 aliphatic heterocycles. The fourth-order valence-electron chi connectivity index (χ4n) is 4.57. The van der Waals surface area contributed by atoms with Gasteiger partial charge >= 0.3 is 6.03 Å². The van der Waals surface area contributed by atoms with Gasteiger partial charge in [-0.1, -0.05) is 29.3 Å². The molecule has 3 rings (SSSR count). The Labute approximate surface area is 185 Å². The van der Waals surface area contributed by atoms with Gasteiger partial charge in [0.25, 0.3) is 0 Å². The van der Waals surface area contributed by atoms with Crippen LogP contribution >= 0.6 is 23.2 Å². The minimum Gasteiger partial charge on any atom is -0.365 e. The molecule has 1 saturated carbocycles. The van der Waals surface area contributed by atoms with Gasteiger partial charge in [0.05, 0.1) is 15.7 Å². The normalized spacial score (nSPS) is 25.7. The standard InChI is InChI=1S/C22H34Cl2N4O/c1-16-15-27(13-14-28(16)20-6-4-5-19(23)21(20)24)12-11-17-7-9-18(10-8-17)25-22(29)26(2)3/h4-6,16-18H,7-15H2,1-3H3,(H,25,29)/t16-,17-,18-/m0/s1. The molecular formula is C22H34Cl2N4O. The van der Waals surface area contributed by atoms with Crippen molar-refractivity contribution in [2.75, 3.05) is 45.2 Å². The highest BCUT2D eigenvalue weighted by Gasteiger charge is 2.27. The zero-order valence-electron chi connectivity index (χ0n) is 17.8. The molecule has 0 radical (unpaired) electrons. The highest BCUT2D eigenvalue weighted by Crippen LogP contribution is 2.34. The average Bonchev–Trinajstić information content (AvgIpc) is 2.70. The van der Waals surface area contributed by atoms with Crippen LogP contribution in [0.5, 0.6) is 0 Å². The molecule has 0 aromatic heterocycles. The average molecular weight is 441 g/mol. The molecule has 1 N–H and O–H groups in total. The smallest absolute Gasteiger partial charge is 0.317 e. The number of carbonyl (C=O) groups is 1. The van der Waals surface area contributed by atoms with E-state index in [4.69, 9.17) is 23.2 Å². The Hall–Kier alpha value is -1.17. The summed E-state index contributed by atoms with van der Waals surface area (Å²) < 4.78 is 0. The van der Waals surface area contributed by atoms with Crippen LogP contribution < -0.4 is 10.2 Å². The highest BCUT2D eigenvalue weighted by molar-refractivity contribution is 6.43. The monoisotopic (exact) mass is 440 g/mol. The third kappa shape index (κ3) is 5.93. The molecule has 2 amide bonds. The summed E-state index contributed by atoms with van der Waals surface area (Å²) in [5, 5.41) is 4.41. The first-order valence-electron chi connectivity index (χ1n) is 10.8. The lowest BCUT2D eigenvalue weighted by molar-refractivity contribution is 0.187. The Morgan fingerprint density at radius 2 is 1.90 bits per heavy atom. The summed E-state index contributed by atoms with van der Waals surface area (Å²) in [6.07, 6.45) is 5.88. The van der Waals surface area contributed by atoms with E-state index in [1.165, 1.54) is 19.3 Å². The predicted molar refractivity (Wildman–Crippen MR) is 122 cm³/mol. The second kappa shape index (κ2) is 10.2. The lowest BCUT2D eigenvalue weighted by Gasteiger charge is -2.42. The maximum absolute atomic E-state index is 11.8. The van der Waals surface area contributed by atoms with E-state index in [0.717, 1.165) is 50.6 Å². The van der Waals surface area contributed by atoms with Crippen molar-refractivity contribution >= 4 is 34.9 Å². The highest BCUT2D eigenvalue weighted by atomic mass is 35.5. The molecule has 0 bridgehead atoms. The van der Waals surface area contributed by atoms with Crippen LogP contribution in [0.15, 0.2) is 18.2 Å². The third-order valence-corrected chi connectivity index (χ3v) is 7.20. The summed E-state index contributed by atoms with van der Waals surface area (Å²) in [6.45, 7) is 6.51. The van der Waals surface area contributed by atoms with Crippen molar-refractivity contribution in [1.29, 1.82) is 0 Å². The number of carbonyl (C=O) groups excluding carboxylic acids is 1. The molecular weight excluding hydrogens is 407 g/mol. The minimum absolute atomic E-state index is 0.0279. The van der Waals surface area contributed by atoms with Crippen molar-refractivity contribution in [3.8, 4) is 0 Å². The van der Waals surface area contributed by atoms with E-state index < -0.39 is 0 Å². The van der Waals surface area contributed by atoms with Crippen LogP contribution in [-0.4, -0.2) is 68.2 Å². The molecule has 162 valence electrons. The minimum atomic E-state index is 0.0279. The predicted octanol–water partition coefficient (Wildman–Crippen LogP) is 4.72. The molecule has 0 unspecified atom stereocenters. The Kier molecular flexibility index (Phi) is 7.94. The summed E-state index contributed by atoms with van der Waals surface area (Å²) >= 11 is 12.6. The Morgan fingerprint density at radius 1 is 1.17 bits per heavy atom. The first-order chi connectivity index (χ1) is 13.8. The molecule has 1 aliphatic carbocycles. The number of nitrogens with one attached hydrogen (secondary N) is 1. The van der Waals surface area contributed by atoms with Gasteiger partial charge in [-0.25, -0.2) is 4.79 Å². The van der Waals surface area contributed by atoms with Gasteiger partial charge < -0.3 is 15.1 Å². The van der Waals surface area contributed by atoms with E-state index in [2.05, 4.69) is 28.1 Å². The molecule has 1 atom stereocenters. The van der Waals surface area contributed by atoms with E-state index in [0.29, 0.717) is 22.1 Å². The van der Waals surface area contributed by atoms with Crippen LogP contribution in [0.4, 0.5) is 10.5 Å². The molecule has 2 aliphatic rings. The van der Waals surface area contributed by atoms with Gasteiger partial charge in [-0.3, -0.25) is 4.90 Å². The maximum atomic E-state index is 11.8. The van der Waals surface area contributed by atoms with Crippen LogP contribution in [0.3, 0.4) is 0 Å². The van der Waals surface area contributed by atoms with Crippen LogP contribution in [0.2, 0.25) is 10.0 Å². The first kappa shape index (κ1) is 22.5. The van der Waals surface area contributed by atoms with Crippen molar-refractivity contribution in [3.05, 3.63) is 28.2 Å². The molecule has 1 aromatic carbocycles. The molecule has 2 fully saturated rings. The number of urea groups is 1. The largest absolute Gasteiger partial charge is 0.365 e. The topological polar surface area (TPSA) is 38.8 Å². The molecule has 7 heteroatoms.